The molecule has 0 aliphatic carbocycles. The van der Waals surface area contributed by atoms with Gasteiger partial charge in [-0.3, -0.25) is 4.79 Å². The Balaban J connectivity index is 1.27. The third-order valence-electron chi connectivity index (χ3n) is 4.11. The molecule has 0 spiro atoms. The Kier molecular flexibility index (Phi) is 4.84. The molecule has 3 aromatic rings. The Bertz CT molecular complexity index is 908. The maximum atomic E-state index is 12.1. The van der Waals surface area contributed by atoms with E-state index >= 15 is 0 Å². The van der Waals surface area contributed by atoms with Crippen LogP contribution in [0.25, 0.3) is 10.6 Å². The van der Waals surface area contributed by atoms with Crippen LogP contribution >= 0.6 is 11.3 Å². The highest BCUT2D eigenvalue weighted by molar-refractivity contribution is 7.13. The van der Waals surface area contributed by atoms with Crippen molar-refractivity contribution in [3.05, 3.63) is 65.2 Å². The maximum absolute atomic E-state index is 12.1. The molecule has 1 aliphatic heterocycles. The van der Waals surface area contributed by atoms with Crippen LogP contribution in [0, 0.1) is 0 Å². The zero-order chi connectivity index (χ0) is 17.8. The van der Waals surface area contributed by atoms with Crippen molar-refractivity contribution in [2.75, 3.05) is 6.79 Å². The van der Waals surface area contributed by atoms with Gasteiger partial charge in [-0.2, -0.15) is 0 Å². The van der Waals surface area contributed by atoms with E-state index in [2.05, 4.69) is 10.3 Å². The number of benzene rings is 2. The Morgan fingerprint density at radius 1 is 1.12 bits per heavy atom. The second-order valence-electron chi connectivity index (χ2n) is 5.97. The van der Waals surface area contributed by atoms with Crippen molar-refractivity contribution in [3.63, 3.8) is 0 Å². The van der Waals surface area contributed by atoms with Gasteiger partial charge in [0.25, 0.3) is 0 Å². The van der Waals surface area contributed by atoms with Crippen LogP contribution in [-0.2, 0) is 17.8 Å². The molecular weight excluding hydrogens is 348 g/mol. The predicted molar refractivity (Wildman–Crippen MR) is 100 cm³/mol. The number of hydrogen-bond donors (Lipinski definition) is 1. The van der Waals surface area contributed by atoms with Crippen molar-refractivity contribution >= 4 is 17.2 Å². The lowest BCUT2D eigenvalue weighted by Gasteiger charge is -2.06. The SMILES string of the molecule is O=C(CCc1csc(-c2ccccc2)n1)NCc1ccc2c(c1)OCO2. The summed E-state index contributed by atoms with van der Waals surface area (Å²) in [5.41, 5.74) is 3.05. The van der Waals surface area contributed by atoms with E-state index in [1.165, 1.54) is 0 Å². The van der Waals surface area contributed by atoms with Crippen molar-refractivity contribution in [1.29, 1.82) is 0 Å². The fraction of sp³-hybridized carbons (Fsp3) is 0.200. The zero-order valence-electron chi connectivity index (χ0n) is 14.1. The summed E-state index contributed by atoms with van der Waals surface area (Å²) in [5.74, 6) is 1.49. The first-order valence-electron chi connectivity index (χ1n) is 8.43. The molecule has 0 saturated heterocycles. The van der Waals surface area contributed by atoms with Crippen molar-refractivity contribution in [1.82, 2.24) is 10.3 Å². The van der Waals surface area contributed by atoms with Gasteiger partial charge in [-0.25, -0.2) is 4.98 Å². The Morgan fingerprint density at radius 2 is 1.96 bits per heavy atom. The second-order valence-corrected chi connectivity index (χ2v) is 6.83. The summed E-state index contributed by atoms with van der Waals surface area (Å²) in [6.07, 6.45) is 1.05. The molecule has 1 N–H and O–H groups in total. The fourth-order valence-corrected chi connectivity index (χ4v) is 3.58. The lowest BCUT2D eigenvalue weighted by atomic mass is 10.2. The van der Waals surface area contributed by atoms with Crippen LogP contribution in [0.1, 0.15) is 17.7 Å². The van der Waals surface area contributed by atoms with E-state index in [9.17, 15) is 4.79 Å². The number of nitrogens with one attached hydrogen (secondary N) is 1. The van der Waals surface area contributed by atoms with Crippen LogP contribution in [-0.4, -0.2) is 17.7 Å². The van der Waals surface area contributed by atoms with E-state index in [1.54, 1.807) is 11.3 Å². The Labute approximate surface area is 155 Å². The minimum absolute atomic E-state index is 0.0110. The first-order valence-corrected chi connectivity index (χ1v) is 9.31. The van der Waals surface area contributed by atoms with Gasteiger partial charge < -0.3 is 14.8 Å². The molecule has 2 heterocycles. The largest absolute Gasteiger partial charge is 0.454 e. The van der Waals surface area contributed by atoms with Gasteiger partial charge in [0, 0.05) is 23.9 Å². The first-order chi connectivity index (χ1) is 12.8. The van der Waals surface area contributed by atoms with Gasteiger partial charge in [-0.1, -0.05) is 36.4 Å². The van der Waals surface area contributed by atoms with Gasteiger partial charge in [0.05, 0.1) is 5.69 Å². The van der Waals surface area contributed by atoms with E-state index in [0.717, 1.165) is 33.3 Å². The highest BCUT2D eigenvalue weighted by atomic mass is 32.1. The molecule has 1 amide bonds. The van der Waals surface area contributed by atoms with Crippen LogP contribution < -0.4 is 14.8 Å². The molecule has 0 radical (unpaired) electrons. The quantitative estimate of drug-likeness (QED) is 0.721. The number of fused-ring (bicyclic) bond motifs is 1. The summed E-state index contributed by atoms with van der Waals surface area (Å²) >= 11 is 1.61. The van der Waals surface area contributed by atoms with E-state index in [1.807, 2.05) is 53.9 Å². The molecule has 0 bridgehead atoms. The molecule has 26 heavy (non-hydrogen) atoms. The van der Waals surface area contributed by atoms with Crippen LogP contribution in [0.3, 0.4) is 0 Å². The van der Waals surface area contributed by atoms with Gasteiger partial charge in [0.2, 0.25) is 12.7 Å². The highest BCUT2D eigenvalue weighted by Crippen LogP contribution is 2.32. The van der Waals surface area contributed by atoms with Gasteiger partial charge in [-0.15, -0.1) is 11.3 Å². The summed E-state index contributed by atoms with van der Waals surface area (Å²) in [5, 5.41) is 5.95. The van der Waals surface area contributed by atoms with Crippen LogP contribution in [0.15, 0.2) is 53.9 Å². The van der Waals surface area contributed by atoms with Crippen molar-refractivity contribution in [2.45, 2.75) is 19.4 Å². The van der Waals surface area contributed by atoms with Crippen LogP contribution in [0.4, 0.5) is 0 Å². The number of carbonyl (C=O) groups is 1. The molecule has 0 fully saturated rings. The summed E-state index contributed by atoms with van der Waals surface area (Å²) < 4.78 is 10.6. The number of ether oxygens (including phenoxy) is 2. The van der Waals surface area contributed by atoms with Gasteiger partial charge in [0.15, 0.2) is 11.5 Å². The molecule has 2 aromatic carbocycles. The number of amides is 1. The average molecular weight is 366 g/mol. The molecule has 0 unspecified atom stereocenters. The number of aryl methyl sites for hydroxylation is 1. The average Bonchev–Trinajstić information content (AvgIpc) is 3.34. The van der Waals surface area contributed by atoms with Gasteiger partial charge >= 0.3 is 0 Å². The molecule has 0 saturated carbocycles. The third-order valence-corrected chi connectivity index (χ3v) is 5.05. The first kappa shape index (κ1) is 16.6. The molecule has 6 heteroatoms. The molecule has 0 atom stereocenters. The van der Waals surface area contributed by atoms with E-state index in [4.69, 9.17) is 9.47 Å². The number of rotatable bonds is 6. The fourth-order valence-electron chi connectivity index (χ4n) is 2.72. The van der Waals surface area contributed by atoms with Gasteiger partial charge in [-0.05, 0) is 24.1 Å². The number of carbonyl (C=O) groups excluding carboxylic acids is 1. The van der Waals surface area contributed by atoms with Crippen LogP contribution in [0.2, 0.25) is 0 Å². The number of thiazole rings is 1. The van der Waals surface area contributed by atoms with E-state index < -0.39 is 0 Å². The summed E-state index contributed by atoms with van der Waals surface area (Å²) in [7, 11) is 0. The topological polar surface area (TPSA) is 60.5 Å². The predicted octanol–water partition coefficient (Wildman–Crippen LogP) is 3.79. The molecule has 4 rings (SSSR count). The zero-order valence-corrected chi connectivity index (χ0v) is 14.9. The van der Waals surface area contributed by atoms with E-state index in [0.29, 0.717) is 19.4 Å². The minimum atomic E-state index is 0.0110. The molecular formula is C20H18N2O3S. The molecule has 5 nitrogen and oxygen atoms in total. The number of nitrogens with zero attached hydrogens (tertiary/aromatic N) is 1. The van der Waals surface area contributed by atoms with E-state index in [-0.39, 0.29) is 12.7 Å². The monoisotopic (exact) mass is 366 g/mol. The Hall–Kier alpha value is -2.86. The molecule has 132 valence electrons. The second kappa shape index (κ2) is 7.58. The normalized spacial score (nSPS) is 12.2. The number of aromatic nitrogens is 1. The number of hydrogen-bond acceptors (Lipinski definition) is 5. The Morgan fingerprint density at radius 3 is 2.85 bits per heavy atom. The standard InChI is InChI=1S/C20H18N2O3S/c23-19(21-11-14-6-8-17-18(10-14)25-13-24-17)9-7-16-12-26-20(22-16)15-4-2-1-3-5-15/h1-6,8,10,12H,7,9,11,13H2,(H,21,23). The summed E-state index contributed by atoms with van der Waals surface area (Å²) in [6.45, 7) is 0.728. The van der Waals surface area contributed by atoms with Crippen molar-refractivity contribution < 1.29 is 14.3 Å². The maximum Gasteiger partial charge on any atom is 0.231 e. The lowest BCUT2D eigenvalue weighted by molar-refractivity contribution is -0.121. The molecule has 1 aromatic heterocycles. The van der Waals surface area contributed by atoms with Crippen molar-refractivity contribution in [2.24, 2.45) is 0 Å². The van der Waals surface area contributed by atoms with Crippen LogP contribution in [0.5, 0.6) is 11.5 Å². The van der Waals surface area contributed by atoms with Crippen molar-refractivity contribution in [3.8, 4) is 22.1 Å². The third kappa shape index (κ3) is 3.86. The summed E-state index contributed by atoms with van der Waals surface area (Å²) in [4.78, 5) is 16.7. The smallest absolute Gasteiger partial charge is 0.231 e. The lowest BCUT2D eigenvalue weighted by Crippen LogP contribution is -2.23. The van der Waals surface area contributed by atoms with Gasteiger partial charge in [0.1, 0.15) is 5.01 Å². The minimum Gasteiger partial charge on any atom is -0.454 e. The molecule has 1 aliphatic rings. The summed E-state index contributed by atoms with van der Waals surface area (Å²) in [6, 6.07) is 15.8. The highest BCUT2D eigenvalue weighted by Gasteiger charge is 2.13.